The van der Waals surface area contributed by atoms with Crippen LogP contribution in [0, 0.1) is 5.92 Å². The third-order valence-corrected chi connectivity index (χ3v) is 2.70. The van der Waals surface area contributed by atoms with E-state index >= 15 is 0 Å². The molecule has 0 unspecified atom stereocenters. The topological polar surface area (TPSA) is 64.3 Å². The van der Waals surface area contributed by atoms with E-state index in [0.717, 1.165) is 17.9 Å². The summed E-state index contributed by atoms with van der Waals surface area (Å²) in [5.41, 5.74) is 7.59. The number of nitrogens with two attached hydrogens (primary N) is 1. The van der Waals surface area contributed by atoms with Crippen LogP contribution in [0.5, 0.6) is 0 Å². The van der Waals surface area contributed by atoms with Gasteiger partial charge in [0.15, 0.2) is 0 Å². The highest BCUT2D eigenvalue weighted by Crippen LogP contribution is 2.12. The normalized spacial score (nSPS) is 10.7. The SMILES string of the molecule is CC(C)COCCNC(=O)CCc1ccccc1N. The first-order valence-corrected chi connectivity index (χ1v) is 6.77. The van der Waals surface area contributed by atoms with E-state index in [-0.39, 0.29) is 5.91 Å². The van der Waals surface area contributed by atoms with Crippen molar-refractivity contribution in [3.63, 3.8) is 0 Å². The summed E-state index contributed by atoms with van der Waals surface area (Å²) in [4.78, 5) is 11.6. The molecule has 4 heteroatoms. The highest BCUT2D eigenvalue weighted by molar-refractivity contribution is 5.76. The van der Waals surface area contributed by atoms with Gasteiger partial charge in [-0.15, -0.1) is 0 Å². The number of nitrogen functional groups attached to an aromatic ring is 1. The molecule has 0 saturated carbocycles. The molecule has 0 saturated heterocycles. The molecule has 1 rings (SSSR count). The largest absolute Gasteiger partial charge is 0.399 e. The fourth-order valence-corrected chi connectivity index (χ4v) is 1.68. The molecule has 0 aliphatic heterocycles. The highest BCUT2D eigenvalue weighted by Gasteiger charge is 2.04. The fraction of sp³-hybridized carbons (Fsp3) is 0.533. The zero-order valence-corrected chi connectivity index (χ0v) is 11.8. The van der Waals surface area contributed by atoms with Crippen molar-refractivity contribution < 1.29 is 9.53 Å². The lowest BCUT2D eigenvalue weighted by atomic mass is 10.1. The van der Waals surface area contributed by atoms with Crippen LogP contribution in [-0.4, -0.2) is 25.7 Å². The van der Waals surface area contributed by atoms with E-state index in [4.69, 9.17) is 10.5 Å². The minimum absolute atomic E-state index is 0.0383. The molecule has 0 spiro atoms. The second-order valence-electron chi connectivity index (χ2n) is 5.02. The quantitative estimate of drug-likeness (QED) is 0.557. The zero-order valence-electron chi connectivity index (χ0n) is 11.8. The van der Waals surface area contributed by atoms with Crippen LogP contribution in [0.15, 0.2) is 24.3 Å². The van der Waals surface area contributed by atoms with Gasteiger partial charge in [-0.3, -0.25) is 4.79 Å². The van der Waals surface area contributed by atoms with Crippen LogP contribution < -0.4 is 11.1 Å². The molecular formula is C15H24N2O2. The smallest absolute Gasteiger partial charge is 0.220 e. The minimum Gasteiger partial charge on any atom is -0.399 e. The van der Waals surface area contributed by atoms with Crippen molar-refractivity contribution in [3.05, 3.63) is 29.8 Å². The van der Waals surface area contributed by atoms with Crippen LogP contribution in [0.4, 0.5) is 5.69 Å². The Balaban J connectivity index is 2.13. The standard InChI is InChI=1S/C15H24N2O2/c1-12(2)11-19-10-9-17-15(18)8-7-13-5-3-4-6-14(13)16/h3-6,12H,7-11,16H2,1-2H3,(H,17,18). The summed E-state index contributed by atoms with van der Waals surface area (Å²) < 4.78 is 5.39. The molecule has 3 N–H and O–H groups in total. The molecule has 4 nitrogen and oxygen atoms in total. The second kappa shape index (κ2) is 8.53. The summed E-state index contributed by atoms with van der Waals surface area (Å²) in [6.45, 7) is 6.06. The maximum Gasteiger partial charge on any atom is 0.220 e. The van der Waals surface area contributed by atoms with Crippen molar-refractivity contribution in [1.29, 1.82) is 0 Å². The maximum atomic E-state index is 11.6. The first-order chi connectivity index (χ1) is 9.09. The number of carbonyl (C=O) groups excluding carboxylic acids is 1. The number of hydrogen-bond donors (Lipinski definition) is 2. The number of carbonyl (C=O) groups is 1. The Bertz CT molecular complexity index is 391. The van der Waals surface area contributed by atoms with Crippen molar-refractivity contribution >= 4 is 11.6 Å². The number of benzene rings is 1. The maximum absolute atomic E-state index is 11.6. The van der Waals surface area contributed by atoms with Gasteiger partial charge >= 0.3 is 0 Å². The predicted octanol–water partition coefficient (Wildman–Crippen LogP) is 1.99. The van der Waals surface area contributed by atoms with Crippen molar-refractivity contribution in [2.24, 2.45) is 5.92 Å². The van der Waals surface area contributed by atoms with Crippen LogP contribution in [0.3, 0.4) is 0 Å². The number of nitrogens with one attached hydrogen (secondary N) is 1. The lowest BCUT2D eigenvalue weighted by molar-refractivity contribution is -0.121. The van der Waals surface area contributed by atoms with Crippen molar-refractivity contribution in [3.8, 4) is 0 Å². The van der Waals surface area contributed by atoms with Gasteiger partial charge < -0.3 is 15.8 Å². The molecule has 1 aromatic carbocycles. The first kappa shape index (κ1) is 15.5. The number of anilines is 1. The number of hydrogen-bond acceptors (Lipinski definition) is 3. The predicted molar refractivity (Wildman–Crippen MR) is 77.8 cm³/mol. The number of rotatable bonds is 8. The number of para-hydroxylation sites is 1. The lowest BCUT2D eigenvalue weighted by Gasteiger charge is -2.08. The van der Waals surface area contributed by atoms with E-state index < -0.39 is 0 Å². The summed E-state index contributed by atoms with van der Waals surface area (Å²) >= 11 is 0. The zero-order chi connectivity index (χ0) is 14.1. The number of ether oxygens (including phenoxy) is 1. The van der Waals surface area contributed by atoms with Crippen LogP contribution >= 0.6 is 0 Å². The van der Waals surface area contributed by atoms with E-state index in [2.05, 4.69) is 19.2 Å². The van der Waals surface area contributed by atoms with Gasteiger partial charge in [0.05, 0.1) is 6.61 Å². The Morgan fingerprint density at radius 3 is 2.79 bits per heavy atom. The molecule has 1 aromatic rings. The van der Waals surface area contributed by atoms with Gasteiger partial charge in [-0.2, -0.15) is 0 Å². The lowest BCUT2D eigenvalue weighted by Crippen LogP contribution is -2.27. The second-order valence-corrected chi connectivity index (χ2v) is 5.02. The summed E-state index contributed by atoms with van der Waals surface area (Å²) in [5.74, 6) is 0.563. The van der Waals surface area contributed by atoms with Gasteiger partial charge in [0.2, 0.25) is 5.91 Å². The number of aryl methyl sites for hydroxylation is 1. The molecular weight excluding hydrogens is 240 g/mol. The molecule has 0 fully saturated rings. The molecule has 0 bridgehead atoms. The Hall–Kier alpha value is -1.55. The van der Waals surface area contributed by atoms with E-state index in [9.17, 15) is 4.79 Å². The average molecular weight is 264 g/mol. The molecule has 0 radical (unpaired) electrons. The number of amides is 1. The highest BCUT2D eigenvalue weighted by atomic mass is 16.5. The minimum atomic E-state index is 0.0383. The van der Waals surface area contributed by atoms with Crippen LogP contribution in [-0.2, 0) is 16.0 Å². The summed E-state index contributed by atoms with van der Waals surface area (Å²) in [6.07, 6.45) is 1.13. The van der Waals surface area contributed by atoms with Gasteiger partial charge in [-0.25, -0.2) is 0 Å². The van der Waals surface area contributed by atoms with E-state index in [1.165, 1.54) is 0 Å². The van der Waals surface area contributed by atoms with Gasteiger partial charge in [-0.1, -0.05) is 32.0 Å². The molecule has 0 heterocycles. The molecule has 19 heavy (non-hydrogen) atoms. The Labute approximate surface area is 115 Å². The van der Waals surface area contributed by atoms with E-state index in [1.54, 1.807) is 0 Å². The van der Waals surface area contributed by atoms with Gasteiger partial charge in [0, 0.05) is 25.3 Å². The Kier molecular flexibility index (Phi) is 6.97. The molecule has 0 aliphatic carbocycles. The summed E-state index contributed by atoms with van der Waals surface area (Å²) in [7, 11) is 0. The van der Waals surface area contributed by atoms with Gasteiger partial charge in [0.1, 0.15) is 0 Å². The molecule has 106 valence electrons. The van der Waals surface area contributed by atoms with E-state index in [1.807, 2.05) is 24.3 Å². The monoisotopic (exact) mass is 264 g/mol. The molecule has 0 aromatic heterocycles. The third kappa shape index (κ3) is 6.82. The summed E-state index contributed by atoms with van der Waals surface area (Å²) in [5, 5.41) is 2.84. The van der Waals surface area contributed by atoms with Gasteiger partial charge in [-0.05, 0) is 24.0 Å². The van der Waals surface area contributed by atoms with Crippen LogP contribution in [0.25, 0.3) is 0 Å². The van der Waals surface area contributed by atoms with Crippen LogP contribution in [0.1, 0.15) is 25.8 Å². The third-order valence-electron chi connectivity index (χ3n) is 2.70. The Morgan fingerprint density at radius 1 is 1.37 bits per heavy atom. The molecule has 0 atom stereocenters. The molecule has 1 amide bonds. The van der Waals surface area contributed by atoms with Crippen molar-refractivity contribution in [2.75, 3.05) is 25.5 Å². The van der Waals surface area contributed by atoms with E-state index in [0.29, 0.717) is 31.9 Å². The van der Waals surface area contributed by atoms with Gasteiger partial charge in [0.25, 0.3) is 0 Å². The van der Waals surface area contributed by atoms with Crippen LogP contribution in [0.2, 0.25) is 0 Å². The first-order valence-electron chi connectivity index (χ1n) is 6.77. The summed E-state index contributed by atoms with van der Waals surface area (Å²) in [6, 6.07) is 7.63. The average Bonchev–Trinajstić information content (AvgIpc) is 2.37. The van der Waals surface area contributed by atoms with Crippen molar-refractivity contribution in [1.82, 2.24) is 5.32 Å². The Morgan fingerprint density at radius 2 is 2.11 bits per heavy atom. The fourth-order valence-electron chi connectivity index (χ4n) is 1.68. The van der Waals surface area contributed by atoms with Crippen molar-refractivity contribution in [2.45, 2.75) is 26.7 Å². The molecule has 0 aliphatic rings.